The van der Waals surface area contributed by atoms with Gasteiger partial charge in [0.15, 0.2) is 5.78 Å². The van der Waals surface area contributed by atoms with Crippen LogP contribution in [0.3, 0.4) is 0 Å². The van der Waals surface area contributed by atoms with Gasteiger partial charge in [-0.2, -0.15) is 0 Å². The van der Waals surface area contributed by atoms with Crippen LogP contribution in [0.25, 0.3) is 0 Å². The Kier molecular flexibility index (Phi) is 3.51. The lowest BCUT2D eigenvalue weighted by molar-refractivity contribution is 0.104. The van der Waals surface area contributed by atoms with Crippen molar-refractivity contribution in [3.63, 3.8) is 0 Å². The first-order valence-corrected chi connectivity index (χ1v) is 6.50. The summed E-state index contributed by atoms with van der Waals surface area (Å²) in [6, 6.07) is 2.60. The molecular weight excluding hydrogens is 210 g/mol. The van der Waals surface area contributed by atoms with Gasteiger partial charge in [0.05, 0.1) is 0 Å². The van der Waals surface area contributed by atoms with Crippen LogP contribution in [0.1, 0.15) is 59.9 Å². The molecule has 1 heterocycles. The summed E-state index contributed by atoms with van der Waals surface area (Å²) in [4.78, 5) is 11.8. The Hall–Kier alpha value is -1.31. The number of aromatic nitrogens is 1. The molecule has 1 aliphatic rings. The lowest BCUT2D eigenvalue weighted by Crippen LogP contribution is -2.15. The number of allylic oxidation sites excluding steroid dienone is 1. The molecule has 92 valence electrons. The van der Waals surface area contributed by atoms with E-state index in [-0.39, 0.29) is 5.78 Å². The van der Waals surface area contributed by atoms with Gasteiger partial charge in [-0.05, 0) is 38.8 Å². The highest BCUT2D eigenvalue weighted by Crippen LogP contribution is 2.32. The van der Waals surface area contributed by atoms with E-state index in [0.717, 1.165) is 11.3 Å². The van der Waals surface area contributed by atoms with Gasteiger partial charge in [-0.25, -0.2) is 0 Å². The topological polar surface area (TPSA) is 22.0 Å². The highest BCUT2D eigenvalue weighted by molar-refractivity contribution is 6.05. The third-order valence-corrected chi connectivity index (χ3v) is 3.88. The van der Waals surface area contributed by atoms with Crippen molar-refractivity contribution in [1.29, 1.82) is 0 Å². The highest BCUT2D eigenvalue weighted by Gasteiger charge is 2.21. The highest BCUT2D eigenvalue weighted by atomic mass is 16.1. The van der Waals surface area contributed by atoms with Crippen molar-refractivity contribution in [2.75, 3.05) is 0 Å². The summed E-state index contributed by atoms with van der Waals surface area (Å²) in [5.41, 5.74) is 3.14. The zero-order chi connectivity index (χ0) is 12.4. The second-order valence-corrected chi connectivity index (χ2v) is 5.02. The van der Waals surface area contributed by atoms with Crippen LogP contribution in [0, 0.1) is 13.8 Å². The molecule has 1 aromatic heterocycles. The minimum Gasteiger partial charge on any atom is -0.345 e. The molecule has 0 aliphatic heterocycles. The monoisotopic (exact) mass is 231 g/mol. The molecule has 17 heavy (non-hydrogen) atoms. The molecule has 1 aromatic rings. The standard InChI is InChI=1S/C15H21NO/c1-4-15(17)14-10-11(2)16(12(14)3)13-8-6-5-7-9-13/h4,10,13H,1,5-9H2,2-3H3. The number of carbonyl (C=O) groups excluding carboxylic acids is 1. The zero-order valence-electron chi connectivity index (χ0n) is 10.8. The van der Waals surface area contributed by atoms with Gasteiger partial charge in [0, 0.05) is 23.0 Å². The fourth-order valence-corrected chi connectivity index (χ4v) is 3.04. The average molecular weight is 231 g/mol. The van der Waals surface area contributed by atoms with Crippen molar-refractivity contribution in [2.45, 2.75) is 52.0 Å². The summed E-state index contributed by atoms with van der Waals surface area (Å²) in [5.74, 6) is 0.0418. The van der Waals surface area contributed by atoms with E-state index in [9.17, 15) is 4.79 Å². The smallest absolute Gasteiger partial charge is 0.187 e. The summed E-state index contributed by atoms with van der Waals surface area (Å²) in [7, 11) is 0. The van der Waals surface area contributed by atoms with Gasteiger partial charge in [0.2, 0.25) is 0 Å². The Balaban J connectivity index is 2.36. The molecule has 0 saturated heterocycles. The fourth-order valence-electron chi connectivity index (χ4n) is 3.04. The minimum atomic E-state index is 0.0418. The maximum Gasteiger partial charge on any atom is 0.187 e. The lowest BCUT2D eigenvalue weighted by atomic mass is 9.95. The van der Waals surface area contributed by atoms with Gasteiger partial charge in [0.1, 0.15) is 0 Å². The number of aryl methyl sites for hydroxylation is 1. The molecule has 0 N–H and O–H groups in total. The van der Waals surface area contributed by atoms with Crippen molar-refractivity contribution >= 4 is 5.78 Å². The van der Waals surface area contributed by atoms with E-state index in [4.69, 9.17) is 0 Å². The van der Waals surface area contributed by atoms with Gasteiger partial charge in [-0.3, -0.25) is 4.79 Å². The Bertz CT molecular complexity index is 436. The molecular formula is C15H21NO. The first kappa shape index (κ1) is 12.2. The maximum atomic E-state index is 11.8. The van der Waals surface area contributed by atoms with Crippen LogP contribution in [0.5, 0.6) is 0 Å². The first-order valence-electron chi connectivity index (χ1n) is 6.50. The van der Waals surface area contributed by atoms with Crippen LogP contribution in [-0.2, 0) is 0 Å². The Morgan fingerprint density at radius 1 is 1.35 bits per heavy atom. The number of nitrogens with zero attached hydrogens (tertiary/aromatic N) is 1. The zero-order valence-corrected chi connectivity index (χ0v) is 10.8. The predicted molar refractivity (Wildman–Crippen MR) is 70.6 cm³/mol. The van der Waals surface area contributed by atoms with E-state index in [0.29, 0.717) is 6.04 Å². The molecule has 0 spiro atoms. The van der Waals surface area contributed by atoms with Crippen molar-refractivity contribution < 1.29 is 4.79 Å². The van der Waals surface area contributed by atoms with Crippen LogP contribution in [0.15, 0.2) is 18.7 Å². The molecule has 1 fully saturated rings. The SMILES string of the molecule is C=CC(=O)c1cc(C)n(C2CCCCC2)c1C. The van der Waals surface area contributed by atoms with E-state index in [1.807, 2.05) is 6.07 Å². The second-order valence-electron chi connectivity index (χ2n) is 5.02. The molecule has 0 unspecified atom stereocenters. The summed E-state index contributed by atoms with van der Waals surface area (Å²) in [6.45, 7) is 7.72. The molecule has 2 rings (SSSR count). The van der Waals surface area contributed by atoms with Crippen LogP contribution >= 0.6 is 0 Å². The maximum absolute atomic E-state index is 11.8. The van der Waals surface area contributed by atoms with Crippen molar-refractivity contribution in [3.8, 4) is 0 Å². The van der Waals surface area contributed by atoms with E-state index >= 15 is 0 Å². The molecule has 2 nitrogen and oxygen atoms in total. The Labute approximate surface area is 103 Å². The fraction of sp³-hybridized carbons (Fsp3) is 0.533. The van der Waals surface area contributed by atoms with Gasteiger partial charge >= 0.3 is 0 Å². The molecule has 2 heteroatoms. The third-order valence-electron chi connectivity index (χ3n) is 3.88. The van der Waals surface area contributed by atoms with Gasteiger partial charge in [-0.1, -0.05) is 25.8 Å². The summed E-state index contributed by atoms with van der Waals surface area (Å²) >= 11 is 0. The molecule has 0 bridgehead atoms. The molecule has 0 aromatic carbocycles. The van der Waals surface area contributed by atoms with Gasteiger partial charge < -0.3 is 4.57 Å². The van der Waals surface area contributed by atoms with Gasteiger partial charge in [-0.15, -0.1) is 0 Å². The number of carbonyl (C=O) groups is 1. The molecule has 0 amide bonds. The summed E-state index contributed by atoms with van der Waals surface area (Å²) in [5, 5.41) is 0. The number of rotatable bonds is 3. The van der Waals surface area contributed by atoms with Crippen LogP contribution in [-0.4, -0.2) is 10.4 Å². The quantitative estimate of drug-likeness (QED) is 0.569. The molecule has 1 aliphatic carbocycles. The number of hydrogen-bond acceptors (Lipinski definition) is 1. The molecule has 1 saturated carbocycles. The van der Waals surface area contributed by atoms with Crippen LogP contribution in [0.2, 0.25) is 0 Å². The third kappa shape index (κ3) is 2.21. The van der Waals surface area contributed by atoms with E-state index < -0.39 is 0 Å². The molecule has 0 atom stereocenters. The molecule has 0 radical (unpaired) electrons. The Morgan fingerprint density at radius 3 is 2.59 bits per heavy atom. The van der Waals surface area contributed by atoms with Crippen molar-refractivity contribution in [2.24, 2.45) is 0 Å². The minimum absolute atomic E-state index is 0.0418. The van der Waals surface area contributed by atoms with Crippen molar-refractivity contribution in [3.05, 3.63) is 35.7 Å². The number of hydrogen-bond donors (Lipinski definition) is 0. The Morgan fingerprint density at radius 2 is 2.00 bits per heavy atom. The average Bonchev–Trinajstić information content (AvgIpc) is 2.65. The number of ketones is 1. The van der Waals surface area contributed by atoms with E-state index in [1.165, 1.54) is 43.9 Å². The largest absolute Gasteiger partial charge is 0.345 e. The normalized spacial score (nSPS) is 17.1. The summed E-state index contributed by atoms with van der Waals surface area (Å²) in [6.07, 6.45) is 7.89. The van der Waals surface area contributed by atoms with E-state index in [1.54, 1.807) is 0 Å². The van der Waals surface area contributed by atoms with Crippen LogP contribution < -0.4 is 0 Å². The lowest BCUT2D eigenvalue weighted by Gasteiger charge is -2.26. The van der Waals surface area contributed by atoms with Crippen molar-refractivity contribution in [1.82, 2.24) is 4.57 Å². The predicted octanol–water partition coefficient (Wildman–Crippen LogP) is 3.98. The summed E-state index contributed by atoms with van der Waals surface area (Å²) < 4.78 is 2.36. The second kappa shape index (κ2) is 4.91. The first-order chi connectivity index (χ1) is 8.15. The van der Waals surface area contributed by atoms with Gasteiger partial charge in [0.25, 0.3) is 0 Å². The van der Waals surface area contributed by atoms with E-state index in [2.05, 4.69) is 25.0 Å². The van der Waals surface area contributed by atoms with Crippen LogP contribution in [0.4, 0.5) is 0 Å².